The second-order valence-corrected chi connectivity index (χ2v) is 7.49. The average molecular weight is 255 g/mol. The van der Waals surface area contributed by atoms with Gasteiger partial charge in [-0.2, -0.15) is 0 Å². The molecule has 0 saturated carbocycles. The van der Waals surface area contributed by atoms with Crippen LogP contribution in [0.5, 0.6) is 0 Å². The molecule has 0 aromatic carbocycles. The zero-order valence-electron chi connectivity index (χ0n) is 14.0. The van der Waals surface area contributed by atoms with Gasteiger partial charge in [0.05, 0.1) is 0 Å². The molecule has 18 heavy (non-hydrogen) atoms. The van der Waals surface area contributed by atoms with Crippen molar-refractivity contribution in [1.82, 2.24) is 0 Å². The van der Waals surface area contributed by atoms with Crippen molar-refractivity contribution in [3.05, 3.63) is 0 Å². The van der Waals surface area contributed by atoms with E-state index in [0.29, 0.717) is 0 Å². The van der Waals surface area contributed by atoms with Gasteiger partial charge in [-0.05, 0) is 23.7 Å². The summed E-state index contributed by atoms with van der Waals surface area (Å²) in [6.45, 7) is 14.1. The Labute approximate surface area is 117 Å². The fourth-order valence-electron chi connectivity index (χ4n) is 2.63. The molecule has 0 aromatic heterocycles. The van der Waals surface area contributed by atoms with Crippen LogP contribution in [-0.4, -0.2) is 0 Å². The number of rotatable bonds is 11. The maximum absolute atomic E-state index is 2.36. The van der Waals surface area contributed by atoms with Gasteiger partial charge in [-0.3, -0.25) is 0 Å². The number of hydrogen-bond donors (Lipinski definition) is 0. The average Bonchev–Trinajstić information content (AvgIpc) is 2.24. The van der Waals surface area contributed by atoms with Crippen LogP contribution in [0, 0.1) is 23.7 Å². The van der Waals surface area contributed by atoms with Gasteiger partial charge in [-0.15, -0.1) is 0 Å². The van der Waals surface area contributed by atoms with Crippen LogP contribution in [0.15, 0.2) is 0 Å². The van der Waals surface area contributed by atoms with E-state index in [2.05, 4.69) is 41.5 Å². The van der Waals surface area contributed by atoms with E-state index in [1.54, 1.807) is 0 Å². The molecule has 0 spiro atoms. The van der Waals surface area contributed by atoms with Crippen molar-refractivity contribution in [3.8, 4) is 0 Å². The van der Waals surface area contributed by atoms with E-state index in [9.17, 15) is 0 Å². The summed E-state index contributed by atoms with van der Waals surface area (Å²) in [5.74, 6) is 3.64. The van der Waals surface area contributed by atoms with Crippen molar-refractivity contribution in [1.29, 1.82) is 0 Å². The predicted molar refractivity (Wildman–Crippen MR) is 84.9 cm³/mol. The van der Waals surface area contributed by atoms with Crippen LogP contribution in [0.4, 0.5) is 0 Å². The van der Waals surface area contributed by atoms with Crippen LogP contribution in [0.2, 0.25) is 0 Å². The first-order valence-electron chi connectivity index (χ1n) is 8.41. The summed E-state index contributed by atoms with van der Waals surface area (Å²) in [5.41, 5.74) is 0. The molecule has 0 atom stereocenters. The van der Waals surface area contributed by atoms with Crippen molar-refractivity contribution in [3.63, 3.8) is 0 Å². The van der Waals surface area contributed by atoms with Crippen LogP contribution >= 0.6 is 0 Å². The topological polar surface area (TPSA) is 0 Å². The summed E-state index contributed by atoms with van der Waals surface area (Å²) < 4.78 is 0. The molecule has 0 rings (SSSR count). The van der Waals surface area contributed by atoms with Crippen LogP contribution in [0.25, 0.3) is 0 Å². The lowest BCUT2D eigenvalue weighted by molar-refractivity contribution is 0.340. The molecule has 0 fully saturated rings. The summed E-state index contributed by atoms with van der Waals surface area (Å²) >= 11 is 0. The molecule has 0 N–H and O–H groups in total. The van der Waals surface area contributed by atoms with Crippen LogP contribution in [0.1, 0.15) is 92.9 Å². The van der Waals surface area contributed by atoms with Gasteiger partial charge in [-0.1, -0.05) is 92.9 Å². The van der Waals surface area contributed by atoms with Crippen molar-refractivity contribution in [2.45, 2.75) is 92.9 Å². The van der Waals surface area contributed by atoms with E-state index in [1.807, 2.05) is 0 Å². The van der Waals surface area contributed by atoms with Crippen molar-refractivity contribution in [2.24, 2.45) is 23.7 Å². The molecular formula is C18H38. The van der Waals surface area contributed by atoms with Gasteiger partial charge in [0.2, 0.25) is 0 Å². The Kier molecular flexibility index (Phi) is 10.9. The highest BCUT2D eigenvalue weighted by molar-refractivity contribution is 4.63. The Morgan fingerprint density at radius 2 is 0.833 bits per heavy atom. The van der Waals surface area contributed by atoms with E-state index in [4.69, 9.17) is 0 Å². The molecule has 0 bridgehead atoms. The standard InChI is InChI=1S/C18H38/c1-15(2)9-7-11-18(14-13-17(5)6)12-8-10-16(3)4/h15-18H,7-14H2,1-6H3. The summed E-state index contributed by atoms with van der Waals surface area (Å²) in [6, 6.07) is 0. The van der Waals surface area contributed by atoms with Gasteiger partial charge in [0, 0.05) is 0 Å². The summed E-state index contributed by atoms with van der Waals surface area (Å²) in [4.78, 5) is 0. The first-order valence-corrected chi connectivity index (χ1v) is 8.41. The quantitative estimate of drug-likeness (QED) is 0.385. The molecule has 0 aliphatic rings. The Morgan fingerprint density at radius 3 is 1.17 bits per heavy atom. The molecule has 0 nitrogen and oxygen atoms in total. The first-order chi connectivity index (χ1) is 8.41. The van der Waals surface area contributed by atoms with Gasteiger partial charge in [0.1, 0.15) is 0 Å². The summed E-state index contributed by atoms with van der Waals surface area (Å²) in [7, 11) is 0. The maximum Gasteiger partial charge on any atom is -0.0414 e. The molecule has 0 aromatic rings. The molecule has 0 aliphatic heterocycles. The highest BCUT2D eigenvalue weighted by atomic mass is 14.2. The second kappa shape index (κ2) is 10.9. The van der Waals surface area contributed by atoms with Gasteiger partial charge in [-0.25, -0.2) is 0 Å². The largest absolute Gasteiger partial charge is 0.0628 e. The molecule has 0 heterocycles. The van der Waals surface area contributed by atoms with E-state index in [1.165, 1.54) is 51.4 Å². The van der Waals surface area contributed by atoms with E-state index in [-0.39, 0.29) is 0 Å². The smallest absolute Gasteiger partial charge is 0.0414 e. The fourth-order valence-corrected chi connectivity index (χ4v) is 2.63. The third-order valence-electron chi connectivity index (χ3n) is 3.94. The lowest BCUT2D eigenvalue weighted by atomic mass is 9.87. The number of hydrogen-bond acceptors (Lipinski definition) is 0. The first kappa shape index (κ1) is 18.0. The molecule has 110 valence electrons. The normalized spacial score (nSPS) is 12.3. The van der Waals surface area contributed by atoms with Gasteiger partial charge >= 0.3 is 0 Å². The molecule has 0 radical (unpaired) electrons. The minimum absolute atomic E-state index is 0.877. The van der Waals surface area contributed by atoms with Crippen molar-refractivity contribution in [2.75, 3.05) is 0 Å². The van der Waals surface area contributed by atoms with Gasteiger partial charge < -0.3 is 0 Å². The molecule has 0 heteroatoms. The van der Waals surface area contributed by atoms with Gasteiger partial charge in [0.25, 0.3) is 0 Å². The maximum atomic E-state index is 2.36. The highest BCUT2D eigenvalue weighted by Crippen LogP contribution is 2.25. The minimum atomic E-state index is 0.877. The molecule has 0 saturated heterocycles. The third-order valence-corrected chi connectivity index (χ3v) is 3.94. The third kappa shape index (κ3) is 12.5. The SMILES string of the molecule is CC(C)CCCC(CCCC(C)C)CCC(C)C. The molecular weight excluding hydrogens is 216 g/mol. The van der Waals surface area contributed by atoms with E-state index >= 15 is 0 Å². The van der Waals surface area contributed by atoms with Crippen LogP contribution in [-0.2, 0) is 0 Å². The highest BCUT2D eigenvalue weighted by Gasteiger charge is 2.10. The second-order valence-electron chi connectivity index (χ2n) is 7.49. The zero-order chi connectivity index (χ0) is 14.0. The van der Waals surface area contributed by atoms with Gasteiger partial charge in [0.15, 0.2) is 0 Å². The lowest BCUT2D eigenvalue weighted by Crippen LogP contribution is -2.04. The monoisotopic (exact) mass is 254 g/mol. The van der Waals surface area contributed by atoms with Crippen LogP contribution < -0.4 is 0 Å². The predicted octanol–water partition coefficient (Wildman–Crippen LogP) is 6.69. The summed E-state index contributed by atoms with van der Waals surface area (Å²) in [5, 5.41) is 0. The Balaban J connectivity index is 3.84. The Hall–Kier alpha value is 0. The fraction of sp³-hybridized carbons (Fsp3) is 1.00. The van der Waals surface area contributed by atoms with Crippen molar-refractivity contribution >= 4 is 0 Å². The zero-order valence-corrected chi connectivity index (χ0v) is 14.0. The van der Waals surface area contributed by atoms with Crippen LogP contribution in [0.3, 0.4) is 0 Å². The van der Waals surface area contributed by atoms with E-state index in [0.717, 1.165) is 23.7 Å². The molecule has 0 aliphatic carbocycles. The molecule has 0 unspecified atom stereocenters. The lowest BCUT2D eigenvalue weighted by Gasteiger charge is -2.19. The Bertz CT molecular complexity index is 153. The molecule has 0 amide bonds. The van der Waals surface area contributed by atoms with Crippen molar-refractivity contribution < 1.29 is 0 Å². The van der Waals surface area contributed by atoms with E-state index < -0.39 is 0 Å². The summed E-state index contributed by atoms with van der Waals surface area (Å²) in [6.07, 6.45) is 11.6. The Morgan fingerprint density at radius 1 is 0.444 bits per heavy atom. The minimum Gasteiger partial charge on any atom is -0.0628 e.